The minimum Gasteiger partial charge on any atom is -0.480 e. The lowest BCUT2D eigenvalue weighted by Gasteiger charge is -2.11. The summed E-state index contributed by atoms with van der Waals surface area (Å²) in [5, 5.41) is 11.9. The molecule has 1 amide bonds. The van der Waals surface area contributed by atoms with Gasteiger partial charge in [-0.05, 0) is 23.8 Å². The monoisotopic (exact) mass is 261 g/mol. The molecule has 0 aliphatic carbocycles. The van der Waals surface area contributed by atoms with E-state index < -0.39 is 12.0 Å². The van der Waals surface area contributed by atoms with Crippen LogP contribution in [0.1, 0.15) is 5.56 Å². The van der Waals surface area contributed by atoms with Gasteiger partial charge in [0.1, 0.15) is 6.04 Å². The fourth-order valence-corrected chi connectivity index (χ4v) is 1.84. The van der Waals surface area contributed by atoms with Crippen molar-refractivity contribution >= 4 is 35.6 Å². The van der Waals surface area contributed by atoms with Crippen LogP contribution in [0.2, 0.25) is 10.0 Å². The average molecular weight is 262 g/mol. The maximum absolute atomic E-state index is 10.8. The first kappa shape index (κ1) is 12.8. The van der Waals surface area contributed by atoms with Gasteiger partial charge in [-0.2, -0.15) is 0 Å². The SMILES string of the molecule is O=CNC(Cc1cc(Cl)cc(Cl)c1)C(=O)O. The zero-order valence-corrected chi connectivity index (χ0v) is 9.63. The molecule has 0 spiro atoms. The van der Waals surface area contributed by atoms with Gasteiger partial charge in [0.15, 0.2) is 0 Å². The van der Waals surface area contributed by atoms with Gasteiger partial charge >= 0.3 is 5.97 Å². The summed E-state index contributed by atoms with van der Waals surface area (Å²) in [4.78, 5) is 21.0. The highest BCUT2D eigenvalue weighted by Gasteiger charge is 2.17. The summed E-state index contributed by atoms with van der Waals surface area (Å²) >= 11 is 11.5. The molecule has 86 valence electrons. The van der Waals surface area contributed by atoms with E-state index in [0.717, 1.165) is 0 Å². The number of benzene rings is 1. The molecule has 0 radical (unpaired) electrons. The van der Waals surface area contributed by atoms with Gasteiger partial charge in [0.05, 0.1) is 0 Å². The van der Waals surface area contributed by atoms with Crippen LogP contribution in [-0.4, -0.2) is 23.5 Å². The lowest BCUT2D eigenvalue weighted by atomic mass is 10.1. The molecule has 0 fully saturated rings. The van der Waals surface area contributed by atoms with Crippen molar-refractivity contribution in [3.63, 3.8) is 0 Å². The molecule has 2 N–H and O–H groups in total. The number of carboxylic acid groups (broad SMARTS) is 1. The predicted molar refractivity (Wildman–Crippen MR) is 60.8 cm³/mol. The zero-order chi connectivity index (χ0) is 12.1. The number of hydrogen-bond donors (Lipinski definition) is 2. The number of carboxylic acids is 1. The third-order valence-electron chi connectivity index (χ3n) is 1.93. The molecule has 0 saturated carbocycles. The first-order valence-electron chi connectivity index (χ1n) is 4.40. The van der Waals surface area contributed by atoms with Crippen molar-refractivity contribution in [1.82, 2.24) is 5.32 Å². The lowest BCUT2D eigenvalue weighted by Crippen LogP contribution is -2.37. The Hall–Kier alpha value is -1.26. The van der Waals surface area contributed by atoms with E-state index in [4.69, 9.17) is 28.3 Å². The van der Waals surface area contributed by atoms with Crippen molar-refractivity contribution in [2.45, 2.75) is 12.5 Å². The smallest absolute Gasteiger partial charge is 0.326 e. The van der Waals surface area contributed by atoms with E-state index in [1.165, 1.54) is 0 Å². The highest BCUT2D eigenvalue weighted by atomic mass is 35.5. The van der Waals surface area contributed by atoms with Crippen LogP contribution in [0.4, 0.5) is 0 Å². The Morgan fingerprint density at radius 1 is 1.38 bits per heavy atom. The predicted octanol–water partition coefficient (Wildman–Crippen LogP) is 1.74. The van der Waals surface area contributed by atoms with Crippen LogP contribution >= 0.6 is 23.2 Å². The number of amides is 1. The second-order valence-electron chi connectivity index (χ2n) is 3.16. The Bertz CT molecular complexity index is 389. The summed E-state index contributed by atoms with van der Waals surface area (Å²) in [7, 11) is 0. The maximum atomic E-state index is 10.8. The van der Waals surface area contributed by atoms with Gasteiger partial charge < -0.3 is 10.4 Å². The van der Waals surface area contributed by atoms with Crippen LogP contribution in [0.3, 0.4) is 0 Å². The van der Waals surface area contributed by atoms with Gasteiger partial charge in [0, 0.05) is 16.5 Å². The van der Waals surface area contributed by atoms with Gasteiger partial charge in [0.25, 0.3) is 0 Å². The Kier molecular flexibility index (Phi) is 4.58. The minimum atomic E-state index is -1.11. The fourth-order valence-electron chi connectivity index (χ4n) is 1.26. The normalized spacial score (nSPS) is 11.9. The van der Waals surface area contributed by atoms with Gasteiger partial charge in [-0.15, -0.1) is 0 Å². The van der Waals surface area contributed by atoms with Crippen LogP contribution in [-0.2, 0) is 16.0 Å². The second kappa shape index (κ2) is 5.72. The summed E-state index contributed by atoms with van der Waals surface area (Å²) in [5.41, 5.74) is 0.652. The molecule has 4 nitrogen and oxygen atoms in total. The molecule has 0 bridgehead atoms. The van der Waals surface area contributed by atoms with Crippen LogP contribution < -0.4 is 5.32 Å². The number of carbonyl (C=O) groups is 2. The number of nitrogens with one attached hydrogen (secondary N) is 1. The number of carbonyl (C=O) groups excluding carboxylic acids is 1. The van der Waals surface area contributed by atoms with Crippen molar-refractivity contribution in [2.24, 2.45) is 0 Å². The Morgan fingerprint density at radius 3 is 2.38 bits per heavy atom. The van der Waals surface area contributed by atoms with Crippen molar-refractivity contribution in [3.8, 4) is 0 Å². The molecule has 0 aliphatic heterocycles. The first-order chi connectivity index (χ1) is 7.52. The van der Waals surface area contributed by atoms with Crippen LogP contribution in [0.15, 0.2) is 18.2 Å². The Labute approximate surface area is 102 Å². The van der Waals surface area contributed by atoms with E-state index in [0.29, 0.717) is 22.0 Å². The minimum absolute atomic E-state index is 0.133. The van der Waals surface area contributed by atoms with E-state index in [2.05, 4.69) is 5.32 Å². The molecule has 1 aromatic rings. The van der Waals surface area contributed by atoms with Crippen molar-refractivity contribution < 1.29 is 14.7 Å². The van der Waals surface area contributed by atoms with Crippen LogP contribution in [0.25, 0.3) is 0 Å². The molecule has 0 heterocycles. The summed E-state index contributed by atoms with van der Waals surface area (Å²) in [6, 6.07) is 3.79. The van der Waals surface area contributed by atoms with E-state index in [9.17, 15) is 9.59 Å². The van der Waals surface area contributed by atoms with Gasteiger partial charge in [0.2, 0.25) is 6.41 Å². The molecular weight excluding hydrogens is 253 g/mol. The summed E-state index contributed by atoms with van der Waals surface area (Å²) in [6.45, 7) is 0. The van der Waals surface area contributed by atoms with Gasteiger partial charge in [-0.25, -0.2) is 4.79 Å². The standard InChI is InChI=1S/C10H9Cl2NO3/c11-7-1-6(2-8(12)4-7)3-9(10(15)16)13-5-14/h1-2,4-5,9H,3H2,(H,13,14)(H,15,16). The number of hydrogen-bond acceptors (Lipinski definition) is 2. The molecule has 16 heavy (non-hydrogen) atoms. The zero-order valence-electron chi connectivity index (χ0n) is 8.11. The highest BCUT2D eigenvalue weighted by molar-refractivity contribution is 6.34. The average Bonchev–Trinajstić information content (AvgIpc) is 2.15. The van der Waals surface area contributed by atoms with Crippen molar-refractivity contribution in [2.75, 3.05) is 0 Å². The molecule has 6 heteroatoms. The quantitative estimate of drug-likeness (QED) is 0.794. The molecule has 0 aliphatic rings. The molecular formula is C10H9Cl2NO3. The largest absolute Gasteiger partial charge is 0.480 e. The van der Waals surface area contributed by atoms with Crippen molar-refractivity contribution in [1.29, 1.82) is 0 Å². The Balaban J connectivity index is 2.84. The molecule has 1 unspecified atom stereocenters. The van der Waals surface area contributed by atoms with E-state index in [-0.39, 0.29) is 6.42 Å². The van der Waals surface area contributed by atoms with Gasteiger partial charge in [-0.1, -0.05) is 23.2 Å². The topological polar surface area (TPSA) is 66.4 Å². The maximum Gasteiger partial charge on any atom is 0.326 e. The third kappa shape index (κ3) is 3.72. The number of rotatable bonds is 5. The molecule has 0 saturated heterocycles. The summed E-state index contributed by atoms with van der Waals surface area (Å²) in [6.07, 6.45) is 0.485. The first-order valence-corrected chi connectivity index (χ1v) is 5.16. The molecule has 1 rings (SSSR count). The summed E-state index contributed by atoms with van der Waals surface area (Å²) in [5.74, 6) is -1.11. The van der Waals surface area contributed by atoms with Crippen LogP contribution in [0.5, 0.6) is 0 Å². The third-order valence-corrected chi connectivity index (χ3v) is 2.37. The second-order valence-corrected chi connectivity index (χ2v) is 4.03. The van der Waals surface area contributed by atoms with Crippen molar-refractivity contribution in [3.05, 3.63) is 33.8 Å². The lowest BCUT2D eigenvalue weighted by molar-refractivity contribution is -0.140. The molecule has 1 aromatic carbocycles. The highest BCUT2D eigenvalue weighted by Crippen LogP contribution is 2.19. The fraction of sp³-hybridized carbons (Fsp3) is 0.200. The van der Waals surface area contributed by atoms with E-state index in [1.54, 1.807) is 18.2 Å². The van der Waals surface area contributed by atoms with E-state index >= 15 is 0 Å². The number of aliphatic carboxylic acids is 1. The van der Waals surface area contributed by atoms with Gasteiger partial charge in [-0.3, -0.25) is 4.79 Å². The molecule has 1 atom stereocenters. The number of halogens is 2. The molecule has 0 aromatic heterocycles. The summed E-state index contributed by atoms with van der Waals surface area (Å²) < 4.78 is 0. The van der Waals surface area contributed by atoms with Crippen LogP contribution in [0, 0.1) is 0 Å². The Morgan fingerprint density at radius 2 is 1.94 bits per heavy atom. The van der Waals surface area contributed by atoms with E-state index in [1.807, 2.05) is 0 Å².